The van der Waals surface area contributed by atoms with Crippen molar-refractivity contribution in [3.05, 3.63) is 52.0 Å². The zero-order chi connectivity index (χ0) is 16.7. The predicted molar refractivity (Wildman–Crippen MR) is 95.9 cm³/mol. The Morgan fingerprint density at radius 2 is 2.04 bits per heavy atom. The molecule has 1 saturated heterocycles. The van der Waals surface area contributed by atoms with Crippen LogP contribution in [0.3, 0.4) is 0 Å². The van der Waals surface area contributed by atoms with Gasteiger partial charge in [0.25, 0.3) is 5.56 Å². The number of para-hydroxylation sites is 1. The fourth-order valence-electron chi connectivity index (χ4n) is 3.51. The summed E-state index contributed by atoms with van der Waals surface area (Å²) < 4.78 is 6.04. The second kappa shape index (κ2) is 5.99. The molecule has 4 rings (SSSR count). The summed E-state index contributed by atoms with van der Waals surface area (Å²) in [7, 11) is 0. The molecule has 1 aliphatic heterocycles. The van der Waals surface area contributed by atoms with Gasteiger partial charge in [0, 0.05) is 19.4 Å². The minimum Gasteiger partial charge on any atom is -0.316 e. The first kappa shape index (κ1) is 15.3. The summed E-state index contributed by atoms with van der Waals surface area (Å²) in [6, 6.07) is 7.55. The molecule has 0 saturated carbocycles. The maximum absolute atomic E-state index is 12.8. The molecule has 1 aliphatic rings. The molecule has 124 valence electrons. The zero-order valence-electron chi connectivity index (χ0n) is 13.4. The Kier molecular flexibility index (Phi) is 3.82. The summed E-state index contributed by atoms with van der Waals surface area (Å²) in [4.78, 5) is 14.3. The van der Waals surface area contributed by atoms with E-state index in [1.54, 1.807) is 10.6 Å². The van der Waals surface area contributed by atoms with E-state index < -0.39 is 0 Å². The van der Waals surface area contributed by atoms with Gasteiger partial charge < -0.3 is 4.90 Å². The summed E-state index contributed by atoms with van der Waals surface area (Å²) in [6.45, 7) is 7.22. The molecule has 0 unspecified atom stereocenters. The van der Waals surface area contributed by atoms with Crippen molar-refractivity contribution in [3.8, 4) is 0 Å². The molecule has 0 spiro atoms. The molecule has 0 amide bonds. The lowest BCUT2D eigenvalue weighted by Gasteiger charge is -2.10. The number of likely N-dealkylation sites (tertiary alicyclic amines) is 1. The van der Waals surface area contributed by atoms with Gasteiger partial charge in [0.2, 0.25) is 10.5 Å². The highest BCUT2D eigenvalue weighted by Crippen LogP contribution is 2.14. The molecule has 1 N–H and O–H groups in total. The van der Waals surface area contributed by atoms with Gasteiger partial charge in [-0.1, -0.05) is 18.2 Å². The summed E-state index contributed by atoms with van der Waals surface area (Å²) in [6.07, 6.45) is 4.21. The molecule has 3 aromatic rings. The SMILES string of the molecule is C=CCn1c(=O)c2ccccc2n2c(=S)n(C[NH+]3CCCC3)nc12. The topological polar surface area (TPSA) is 48.7 Å². The second-order valence-corrected chi connectivity index (χ2v) is 6.62. The van der Waals surface area contributed by atoms with Gasteiger partial charge in [-0.15, -0.1) is 11.7 Å². The molecule has 24 heavy (non-hydrogen) atoms. The highest BCUT2D eigenvalue weighted by molar-refractivity contribution is 7.71. The van der Waals surface area contributed by atoms with E-state index in [-0.39, 0.29) is 5.56 Å². The van der Waals surface area contributed by atoms with Crippen LogP contribution in [0.1, 0.15) is 12.8 Å². The molecule has 3 heterocycles. The van der Waals surface area contributed by atoms with Crippen LogP contribution in [0.15, 0.2) is 41.7 Å². The van der Waals surface area contributed by atoms with Crippen molar-refractivity contribution < 1.29 is 4.90 Å². The number of benzene rings is 1. The van der Waals surface area contributed by atoms with Crippen LogP contribution in [0.2, 0.25) is 0 Å². The summed E-state index contributed by atoms with van der Waals surface area (Å²) in [5, 5.41) is 5.32. The Balaban J connectivity index is 2.02. The molecule has 0 atom stereocenters. The first-order chi connectivity index (χ1) is 11.7. The summed E-state index contributed by atoms with van der Waals surface area (Å²) in [5.41, 5.74) is 0.754. The number of rotatable bonds is 4. The maximum atomic E-state index is 12.8. The van der Waals surface area contributed by atoms with Gasteiger partial charge in [0.05, 0.1) is 24.0 Å². The van der Waals surface area contributed by atoms with Gasteiger partial charge in [0.1, 0.15) is 0 Å². The quantitative estimate of drug-likeness (QED) is 0.568. The molecule has 1 fully saturated rings. The Labute approximate surface area is 144 Å². The fourth-order valence-corrected chi connectivity index (χ4v) is 3.79. The third-order valence-corrected chi connectivity index (χ3v) is 5.07. The highest BCUT2D eigenvalue weighted by atomic mass is 32.1. The standard InChI is InChI=1S/C17H19N5OS/c1-2-9-20-15(23)13-7-3-4-8-14(13)22-16(20)18-21(17(22)24)12-19-10-5-6-11-19/h2-4,7-8H,1,5-6,9-12H2/p+1. The highest BCUT2D eigenvalue weighted by Gasteiger charge is 2.19. The van der Waals surface area contributed by atoms with Crippen LogP contribution in [0.4, 0.5) is 0 Å². The van der Waals surface area contributed by atoms with Crippen LogP contribution in [0, 0.1) is 4.77 Å². The Hall–Kier alpha value is -2.25. The van der Waals surface area contributed by atoms with Gasteiger partial charge in [-0.3, -0.25) is 13.8 Å². The van der Waals surface area contributed by atoms with Crippen molar-refractivity contribution in [2.75, 3.05) is 13.1 Å². The fraction of sp³-hybridized carbons (Fsp3) is 0.353. The van der Waals surface area contributed by atoms with Gasteiger partial charge >= 0.3 is 0 Å². The molecule has 0 aliphatic carbocycles. The lowest BCUT2D eigenvalue weighted by molar-refractivity contribution is -0.911. The van der Waals surface area contributed by atoms with Gasteiger partial charge in [-0.05, 0) is 24.4 Å². The normalized spacial score (nSPS) is 15.5. The van der Waals surface area contributed by atoms with Crippen LogP contribution in [-0.2, 0) is 13.2 Å². The monoisotopic (exact) mass is 342 g/mol. The Bertz CT molecular complexity index is 1040. The number of allylic oxidation sites excluding steroid dienone is 1. The summed E-state index contributed by atoms with van der Waals surface area (Å²) in [5.74, 6) is 0.585. The second-order valence-electron chi connectivity index (χ2n) is 6.25. The van der Waals surface area contributed by atoms with Crippen molar-refractivity contribution in [1.82, 2.24) is 18.7 Å². The number of hydrogen-bond donors (Lipinski definition) is 1. The summed E-state index contributed by atoms with van der Waals surface area (Å²) >= 11 is 5.69. The first-order valence-corrected chi connectivity index (χ1v) is 8.67. The van der Waals surface area contributed by atoms with E-state index in [2.05, 4.69) is 11.7 Å². The van der Waals surface area contributed by atoms with Crippen LogP contribution >= 0.6 is 12.2 Å². The van der Waals surface area contributed by atoms with E-state index in [1.165, 1.54) is 17.7 Å². The maximum Gasteiger partial charge on any atom is 0.263 e. The smallest absolute Gasteiger partial charge is 0.263 e. The van der Waals surface area contributed by atoms with Crippen LogP contribution in [-0.4, -0.2) is 31.8 Å². The van der Waals surface area contributed by atoms with E-state index in [9.17, 15) is 4.79 Å². The van der Waals surface area contributed by atoms with Gasteiger partial charge in [-0.25, -0.2) is 0 Å². The number of quaternary nitrogens is 1. The Morgan fingerprint density at radius 3 is 2.79 bits per heavy atom. The number of fused-ring (bicyclic) bond motifs is 3. The van der Waals surface area contributed by atoms with E-state index in [0.717, 1.165) is 25.3 Å². The van der Waals surface area contributed by atoms with Crippen LogP contribution in [0.25, 0.3) is 16.7 Å². The molecule has 6 nitrogen and oxygen atoms in total. The molecule has 0 radical (unpaired) electrons. The van der Waals surface area contributed by atoms with E-state index in [4.69, 9.17) is 12.2 Å². The zero-order valence-corrected chi connectivity index (χ0v) is 14.3. The number of hydrogen-bond acceptors (Lipinski definition) is 3. The molecular formula is C17H20N5OS+. The van der Waals surface area contributed by atoms with Crippen LogP contribution < -0.4 is 10.5 Å². The van der Waals surface area contributed by atoms with Crippen LogP contribution in [0.5, 0.6) is 0 Å². The van der Waals surface area contributed by atoms with Crippen molar-refractivity contribution in [2.24, 2.45) is 0 Å². The third kappa shape index (κ3) is 2.32. The Morgan fingerprint density at radius 1 is 1.29 bits per heavy atom. The third-order valence-electron chi connectivity index (χ3n) is 4.68. The molecule has 7 heteroatoms. The average molecular weight is 342 g/mol. The molecular weight excluding hydrogens is 322 g/mol. The van der Waals surface area contributed by atoms with Crippen molar-refractivity contribution in [3.63, 3.8) is 0 Å². The van der Waals surface area contributed by atoms with Crippen molar-refractivity contribution in [1.29, 1.82) is 0 Å². The first-order valence-electron chi connectivity index (χ1n) is 8.26. The molecule has 0 bridgehead atoms. The van der Waals surface area contributed by atoms with E-state index in [1.807, 2.05) is 33.3 Å². The predicted octanol–water partition coefficient (Wildman–Crippen LogP) is 1.00. The number of nitrogens with zero attached hydrogens (tertiary/aromatic N) is 4. The molecule has 2 aromatic heterocycles. The van der Waals surface area contributed by atoms with Crippen molar-refractivity contribution in [2.45, 2.75) is 26.1 Å². The minimum absolute atomic E-state index is 0.0568. The van der Waals surface area contributed by atoms with Gasteiger partial charge in [-0.2, -0.15) is 4.68 Å². The number of aromatic nitrogens is 4. The van der Waals surface area contributed by atoms with Gasteiger partial charge in [0.15, 0.2) is 6.67 Å². The lowest BCUT2D eigenvalue weighted by atomic mass is 10.2. The minimum atomic E-state index is -0.0568. The number of nitrogens with one attached hydrogen (secondary N) is 1. The average Bonchev–Trinajstić information content (AvgIpc) is 3.21. The molecule has 1 aromatic carbocycles. The largest absolute Gasteiger partial charge is 0.316 e. The van der Waals surface area contributed by atoms with E-state index >= 15 is 0 Å². The lowest BCUT2D eigenvalue weighted by Crippen LogP contribution is -3.09. The van der Waals surface area contributed by atoms with E-state index in [0.29, 0.717) is 22.5 Å². The van der Waals surface area contributed by atoms with Crippen molar-refractivity contribution >= 4 is 28.9 Å².